The summed E-state index contributed by atoms with van der Waals surface area (Å²) < 4.78 is 17.4. The van der Waals surface area contributed by atoms with E-state index >= 15 is 0 Å². The fourth-order valence-corrected chi connectivity index (χ4v) is 13.0. The maximum atomic E-state index is 12.4. The van der Waals surface area contributed by atoms with Crippen LogP contribution in [0.3, 0.4) is 0 Å². The summed E-state index contributed by atoms with van der Waals surface area (Å²) in [7, 11) is 7.07. The molecule has 3 aromatic rings. The molecule has 0 radical (unpaired) electrons. The van der Waals surface area contributed by atoms with Crippen molar-refractivity contribution in [2.45, 2.75) is 32.6 Å². The Balaban J connectivity index is 1.57. The minimum absolute atomic E-state index is 0.121. The normalized spacial score (nSPS) is 10.9. The van der Waals surface area contributed by atoms with Gasteiger partial charge < -0.3 is 0 Å². The molecule has 0 fully saturated rings. The van der Waals surface area contributed by atoms with Crippen molar-refractivity contribution in [3.8, 4) is 17.2 Å². The monoisotopic (exact) mass is 602 g/mol. The van der Waals surface area contributed by atoms with Gasteiger partial charge in [0.15, 0.2) is 0 Å². The third-order valence-electron chi connectivity index (χ3n) is 5.26. The summed E-state index contributed by atoms with van der Waals surface area (Å²) >= 11 is -3.60. The molecule has 0 heterocycles. The topological polar surface area (TPSA) is 78.9 Å². The first-order valence-corrected chi connectivity index (χ1v) is 21.0. The zero-order chi connectivity index (χ0) is 24.9. The molecule has 6 nitrogen and oxygen atoms in total. The van der Waals surface area contributed by atoms with Gasteiger partial charge in [-0.25, -0.2) is 0 Å². The second-order valence-corrected chi connectivity index (χ2v) is 24.2. The molecule has 0 saturated heterocycles. The van der Waals surface area contributed by atoms with E-state index in [1.807, 2.05) is 18.2 Å². The number of esters is 3. The van der Waals surface area contributed by atoms with Gasteiger partial charge in [0.05, 0.1) is 0 Å². The minimum atomic E-state index is -3.60. The summed E-state index contributed by atoms with van der Waals surface area (Å²) in [4.78, 5) is 37.2. The molecular formula is C27H27ClO6Sn. The zero-order valence-corrected chi connectivity index (χ0v) is 22.8. The summed E-state index contributed by atoms with van der Waals surface area (Å²) in [5.41, 5.74) is 0. The molecule has 0 unspecified atom stereocenters. The van der Waals surface area contributed by atoms with Crippen LogP contribution < -0.4 is 14.2 Å². The number of carbonyl (C=O) groups excluding carboxylic acids is 3. The Kier molecular flexibility index (Phi) is 10.6. The molecule has 182 valence electrons. The molecule has 0 amide bonds. The number of hydrogen-bond acceptors (Lipinski definition) is 6. The second-order valence-electron chi connectivity index (χ2n) is 8.01. The molecule has 3 aromatic carbocycles. The van der Waals surface area contributed by atoms with Crippen LogP contribution in [0.1, 0.15) is 19.3 Å². The van der Waals surface area contributed by atoms with Gasteiger partial charge in [-0.1, -0.05) is 0 Å². The van der Waals surface area contributed by atoms with Gasteiger partial charge in [-0.15, -0.1) is 0 Å². The molecule has 0 aliphatic carbocycles. The van der Waals surface area contributed by atoms with Crippen LogP contribution >= 0.6 is 8.92 Å². The fraction of sp³-hybridized carbons (Fsp3) is 0.222. The summed E-state index contributed by atoms with van der Waals surface area (Å²) in [5.74, 6) is 0.215. The molecule has 0 atom stereocenters. The van der Waals surface area contributed by atoms with E-state index in [4.69, 9.17) is 23.1 Å². The van der Waals surface area contributed by atoms with Crippen molar-refractivity contribution < 1.29 is 28.6 Å². The Labute approximate surface area is 212 Å². The van der Waals surface area contributed by atoms with E-state index < -0.39 is 35.2 Å². The van der Waals surface area contributed by atoms with Gasteiger partial charge in [-0.05, 0) is 0 Å². The Morgan fingerprint density at radius 3 is 1.03 bits per heavy atom. The number of rotatable bonds is 12. The maximum absolute atomic E-state index is 12.4. The van der Waals surface area contributed by atoms with Crippen LogP contribution in [-0.4, -0.2) is 35.2 Å². The van der Waals surface area contributed by atoms with Crippen LogP contribution in [0.15, 0.2) is 91.0 Å². The average Bonchev–Trinajstić information content (AvgIpc) is 2.87. The standard InChI is InChI=1S/3C9H9O2.ClH.Sn/c3*1-2-9(10)11-8-6-4-3-5-7-8;;/h3*3-7H,1-2H2;1H;/q;;;;+1/p-1. The summed E-state index contributed by atoms with van der Waals surface area (Å²) in [5, 5.41) is 0. The first kappa shape index (κ1) is 26.8. The van der Waals surface area contributed by atoms with Crippen LogP contribution in [0, 0.1) is 0 Å². The number of carbonyl (C=O) groups is 3. The van der Waals surface area contributed by atoms with Crippen molar-refractivity contribution >= 4 is 44.1 Å². The molecular weight excluding hydrogens is 574 g/mol. The van der Waals surface area contributed by atoms with E-state index in [2.05, 4.69) is 0 Å². The first-order chi connectivity index (χ1) is 16.9. The predicted molar refractivity (Wildman–Crippen MR) is 136 cm³/mol. The number of ether oxygens (including phenoxy) is 3. The molecule has 0 bridgehead atoms. The van der Waals surface area contributed by atoms with Crippen LogP contribution in [0.5, 0.6) is 17.2 Å². The first-order valence-electron chi connectivity index (χ1n) is 11.4. The van der Waals surface area contributed by atoms with Gasteiger partial charge in [0, 0.05) is 0 Å². The van der Waals surface area contributed by atoms with Crippen molar-refractivity contribution in [1.82, 2.24) is 0 Å². The molecule has 3 rings (SSSR count). The third-order valence-corrected chi connectivity index (χ3v) is 18.9. The summed E-state index contributed by atoms with van der Waals surface area (Å²) in [6, 6.07) is 26.4. The van der Waals surface area contributed by atoms with Gasteiger partial charge in [0.25, 0.3) is 0 Å². The number of hydrogen-bond donors (Lipinski definition) is 0. The van der Waals surface area contributed by atoms with E-state index in [9.17, 15) is 14.4 Å². The molecule has 0 saturated carbocycles. The quantitative estimate of drug-likeness (QED) is 0.141. The number of halogens is 1. The van der Waals surface area contributed by atoms with Gasteiger partial charge >= 0.3 is 213 Å². The Bertz CT molecular complexity index is 953. The van der Waals surface area contributed by atoms with Crippen molar-refractivity contribution in [1.29, 1.82) is 0 Å². The summed E-state index contributed by atoms with van der Waals surface area (Å²) in [6.45, 7) is 0. The van der Waals surface area contributed by atoms with Gasteiger partial charge in [0.1, 0.15) is 0 Å². The molecule has 0 aromatic heterocycles. The number of benzene rings is 3. The van der Waals surface area contributed by atoms with Gasteiger partial charge in [0.2, 0.25) is 0 Å². The van der Waals surface area contributed by atoms with Crippen LogP contribution in [-0.2, 0) is 14.4 Å². The Morgan fingerprint density at radius 2 is 0.771 bits per heavy atom. The fourth-order valence-electron chi connectivity index (χ4n) is 3.37. The molecule has 0 aliphatic heterocycles. The zero-order valence-electron chi connectivity index (χ0n) is 19.2. The van der Waals surface area contributed by atoms with Crippen molar-refractivity contribution in [2.75, 3.05) is 0 Å². The van der Waals surface area contributed by atoms with Crippen molar-refractivity contribution in [3.63, 3.8) is 0 Å². The van der Waals surface area contributed by atoms with Crippen LogP contribution in [0.2, 0.25) is 13.3 Å². The van der Waals surface area contributed by atoms with Crippen LogP contribution in [0.25, 0.3) is 0 Å². The molecule has 0 N–H and O–H groups in total. The van der Waals surface area contributed by atoms with Crippen LogP contribution in [0.4, 0.5) is 0 Å². The van der Waals surface area contributed by atoms with E-state index in [-0.39, 0.29) is 19.3 Å². The number of para-hydroxylation sites is 3. The van der Waals surface area contributed by atoms with Crippen molar-refractivity contribution in [2.24, 2.45) is 0 Å². The SMILES string of the molecule is O=C(C[CH2][Sn]([Cl])([CH2]CC(=O)Oc1ccccc1)[CH2]CC(=O)Oc1ccccc1)Oc1ccccc1. The predicted octanol–water partition coefficient (Wildman–Crippen LogP) is 6.16. The van der Waals surface area contributed by atoms with E-state index in [1.165, 1.54) is 0 Å². The average molecular weight is 602 g/mol. The van der Waals surface area contributed by atoms with E-state index in [0.717, 1.165) is 0 Å². The van der Waals surface area contributed by atoms with Gasteiger partial charge in [-0.2, -0.15) is 0 Å². The Morgan fingerprint density at radius 1 is 0.514 bits per heavy atom. The second kappa shape index (κ2) is 13.9. The Hall–Kier alpha value is -2.84. The van der Waals surface area contributed by atoms with Gasteiger partial charge in [-0.3, -0.25) is 0 Å². The molecule has 35 heavy (non-hydrogen) atoms. The van der Waals surface area contributed by atoms with E-state index in [0.29, 0.717) is 30.6 Å². The molecule has 0 spiro atoms. The molecule has 8 heteroatoms. The summed E-state index contributed by atoms with van der Waals surface area (Å²) in [6.07, 6.45) is 0.363. The molecule has 0 aliphatic rings. The van der Waals surface area contributed by atoms with E-state index in [1.54, 1.807) is 72.8 Å². The third kappa shape index (κ3) is 10.1. The van der Waals surface area contributed by atoms with Crippen molar-refractivity contribution in [3.05, 3.63) is 91.0 Å².